The highest BCUT2D eigenvalue weighted by atomic mass is 32.2. The molecule has 0 radical (unpaired) electrons. The summed E-state index contributed by atoms with van der Waals surface area (Å²) >= 11 is 0. The van der Waals surface area contributed by atoms with E-state index in [-0.39, 0.29) is 18.5 Å². The molecule has 0 bridgehead atoms. The molecule has 8 nitrogen and oxygen atoms in total. The number of sulfonamides is 1. The molecule has 1 amide bonds. The van der Waals surface area contributed by atoms with Crippen molar-refractivity contribution in [1.29, 1.82) is 0 Å². The summed E-state index contributed by atoms with van der Waals surface area (Å²) < 4.78 is 32.1. The lowest BCUT2D eigenvalue weighted by atomic mass is 10.1. The quantitative estimate of drug-likeness (QED) is 0.691. The highest BCUT2D eigenvalue weighted by Crippen LogP contribution is 2.23. The van der Waals surface area contributed by atoms with Crippen LogP contribution in [0.5, 0.6) is 0 Å². The average molecular weight is 414 g/mol. The minimum absolute atomic E-state index is 0.253. The summed E-state index contributed by atoms with van der Waals surface area (Å²) in [5, 5.41) is 7.52. The molecule has 0 spiro atoms. The number of nitrogens with one attached hydrogen (secondary N) is 1. The molecule has 9 heteroatoms. The van der Waals surface area contributed by atoms with Crippen molar-refractivity contribution in [3.05, 3.63) is 60.5 Å². The van der Waals surface area contributed by atoms with Crippen molar-refractivity contribution < 1.29 is 17.6 Å². The Bertz CT molecular complexity index is 1090. The molecular formula is C20H22N4O4S. The molecule has 1 aromatic carbocycles. The Morgan fingerprint density at radius 1 is 1.21 bits per heavy atom. The highest BCUT2D eigenvalue weighted by molar-refractivity contribution is 7.88. The second-order valence-corrected chi connectivity index (χ2v) is 9.06. The van der Waals surface area contributed by atoms with Crippen molar-refractivity contribution in [3.63, 3.8) is 0 Å². The van der Waals surface area contributed by atoms with E-state index < -0.39 is 10.0 Å². The van der Waals surface area contributed by atoms with Gasteiger partial charge in [-0.2, -0.15) is 5.10 Å². The van der Waals surface area contributed by atoms with Crippen LogP contribution in [-0.4, -0.2) is 53.8 Å². The van der Waals surface area contributed by atoms with Crippen LogP contribution in [0.25, 0.3) is 17.1 Å². The number of para-hydroxylation sites is 1. The van der Waals surface area contributed by atoms with Gasteiger partial charge in [-0.25, -0.2) is 17.4 Å². The zero-order chi connectivity index (χ0) is 20.4. The van der Waals surface area contributed by atoms with Crippen molar-refractivity contribution in [2.45, 2.75) is 18.9 Å². The smallest absolute Gasteiger partial charge is 0.270 e. The first-order chi connectivity index (χ1) is 13.9. The van der Waals surface area contributed by atoms with E-state index in [1.807, 2.05) is 30.3 Å². The van der Waals surface area contributed by atoms with E-state index in [0.29, 0.717) is 30.1 Å². The van der Waals surface area contributed by atoms with Crippen molar-refractivity contribution in [1.82, 2.24) is 19.4 Å². The van der Waals surface area contributed by atoms with Gasteiger partial charge in [0.1, 0.15) is 11.4 Å². The molecule has 152 valence electrons. The van der Waals surface area contributed by atoms with Gasteiger partial charge >= 0.3 is 0 Å². The van der Waals surface area contributed by atoms with Crippen molar-refractivity contribution in [3.8, 4) is 17.1 Å². The molecule has 3 heterocycles. The zero-order valence-electron chi connectivity index (χ0n) is 16.0. The van der Waals surface area contributed by atoms with E-state index in [9.17, 15) is 13.2 Å². The Hall–Kier alpha value is -2.91. The molecule has 0 saturated carbocycles. The number of piperidine rings is 1. The number of nitrogens with zero attached hydrogens (tertiary/aromatic N) is 3. The van der Waals surface area contributed by atoms with Crippen LogP contribution in [0.15, 0.2) is 59.2 Å². The molecule has 4 rings (SSSR count). The first-order valence-corrected chi connectivity index (χ1v) is 11.2. The molecule has 1 unspecified atom stereocenters. The van der Waals surface area contributed by atoms with Gasteiger partial charge in [0, 0.05) is 25.2 Å². The summed E-state index contributed by atoms with van der Waals surface area (Å²) in [4.78, 5) is 13.1. The number of aromatic nitrogens is 2. The van der Waals surface area contributed by atoms with Gasteiger partial charge in [0.15, 0.2) is 5.76 Å². The molecule has 1 aliphatic rings. The topological polar surface area (TPSA) is 97.4 Å². The van der Waals surface area contributed by atoms with Crippen LogP contribution in [0, 0.1) is 0 Å². The molecule has 0 aliphatic carbocycles. The third-order valence-electron chi connectivity index (χ3n) is 4.90. The van der Waals surface area contributed by atoms with Crippen molar-refractivity contribution >= 4 is 15.9 Å². The zero-order valence-corrected chi connectivity index (χ0v) is 16.8. The fraction of sp³-hybridized carbons (Fsp3) is 0.300. The number of hydrogen-bond acceptors (Lipinski definition) is 5. The number of hydrogen-bond donors (Lipinski definition) is 1. The van der Waals surface area contributed by atoms with Gasteiger partial charge in [-0.3, -0.25) is 4.79 Å². The van der Waals surface area contributed by atoms with E-state index in [1.54, 1.807) is 29.1 Å². The van der Waals surface area contributed by atoms with Crippen LogP contribution in [-0.2, 0) is 10.0 Å². The summed E-state index contributed by atoms with van der Waals surface area (Å²) in [6.07, 6.45) is 4.17. The van der Waals surface area contributed by atoms with Crippen LogP contribution in [0.2, 0.25) is 0 Å². The molecule has 1 atom stereocenters. The summed E-state index contributed by atoms with van der Waals surface area (Å²) in [5.41, 5.74) is 1.65. The summed E-state index contributed by atoms with van der Waals surface area (Å²) in [6.45, 7) is 0.755. The minimum Gasteiger partial charge on any atom is -0.463 e. The van der Waals surface area contributed by atoms with Crippen LogP contribution in [0.1, 0.15) is 23.3 Å². The Morgan fingerprint density at radius 2 is 2.00 bits per heavy atom. The van der Waals surface area contributed by atoms with Crippen molar-refractivity contribution in [2.24, 2.45) is 0 Å². The predicted octanol–water partition coefficient (Wildman–Crippen LogP) is 2.29. The Kier molecular flexibility index (Phi) is 5.25. The normalized spacial score (nSPS) is 17.9. The fourth-order valence-electron chi connectivity index (χ4n) is 3.47. The van der Waals surface area contributed by atoms with Gasteiger partial charge in [0.2, 0.25) is 10.0 Å². The van der Waals surface area contributed by atoms with E-state index in [1.165, 1.54) is 10.6 Å². The molecule has 2 aromatic heterocycles. The van der Waals surface area contributed by atoms with E-state index >= 15 is 0 Å². The molecule has 1 fully saturated rings. The van der Waals surface area contributed by atoms with Gasteiger partial charge in [0.05, 0.1) is 18.2 Å². The van der Waals surface area contributed by atoms with Gasteiger partial charge in [0.25, 0.3) is 5.91 Å². The first-order valence-electron chi connectivity index (χ1n) is 9.37. The Morgan fingerprint density at radius 3 is 2.69 bits per heavy atom. The monoisotopic (exact) mass is 414 g/mol. The maximum absolute atomic E-state index is 13.1. The van der Waals surface area contributed by atoms with Gasteiger partial charge < -0.3 is 9.73 Å². The lowest BCUT2D eigenvalue weighted by Crippen LogP contribution is -2.49. The third kappa shape index (κ3) is 4.25. The van der Waals surface area contributed by atoms with Crippen LogP contribution >= 0.6 is 0 Å². The highest BCUT2D eigenvalue weighted by Gasteiger charge is 2.28. The lowest BCUT2D eigenvalue weighted by Gasteiger charge is -2.31. The third-order valence-corrected chi connectivity index (χ3v) is 6.17. The predicted molar refractivity (Wildman–Crippen MR) is 108 cm³/mol. The van der Waals surface area contributed by atoms with Crippen LogP contribution in [0.4, 0.5) is 0 Å². The number of carbonyl (C=O) groups is 1. The molecule has 3 aromatic rings. The maximum atomic E-state index is 13.1. The van der Waals surface area contributed by atoms with E-state index in [4.69, 9.17) is 4.42 Å². The Labute approximate surface area is 169 Å². The number of amides is 1. The van der Waals surface area contributed by atoms with Gasteiger partial charge in [-0.05, 0) is 37.1 Å². The fourth-order valence-corrected chi connectivity index (χ4v) is 4.39. The Balaban J connectivity index is 1.62. The molecule has 1 N–H and O–H groups in total. The number of carbonyl (C=O) groups excluding carboxylic acids is 1. The van der Waals surface area contributed by atoms with Gasteiger partial charge in [-0.15, -0.1) is 0 Å². The van der Waals surface area contributed by atoms with E-state index in [2.05, 4.69) is 10.4 Å². The molecular weight excluding hydrogens is 392 g/mol. The number of benzene rings is 1. The SMILES string of the molecule is CS(=O)(=O)N1CCCC(NC(=O)c2cc(-c3ccco3)nn2-c2ccccc2)C1. The average Bonchev–Trinajstić information content (AvgIpc) is 3.38. The van der Waals surface area contributed by atoms with Gasteiger partial charge in [-0.1, -0.05) is 18.2 Å². The maximum Gasteiger partial charge on any atom is 0.270 e. The lowest BCUT2D eigenvalue weighted by molar-refractivity contribution is 0.0913. The number of rotatable bonds is 5. The van der Waals surface area contributed by atoms with E-state index in [0.717, 1.165) is 12.1 Å². The van der Waals surface area contributed by atoms with Crippen LogP contribution in [0.3, 0.4) is 0 Å². The first kappa shape index (κ1) is 19.4. The molecule has 1 saturated heterocycles. The minimum atomic E-state index is -3.28. The summed E-state index contributed by atoms with van der Waals surface area (Å²) in [7, 11) is -3.28. The van der Waals surface area contributed by atoms with Crippen LogP contribution < -0.4 is 5.32 Å². The second-order valence-electron chi connectivity index (χ2n) is 7.07. The summed E-state index contributed by atoms with van der Waals surface area (Å²) in [5.74, 6) is 0.258. The number of furan rings is 1. The second kappa shape index (κ2) is 7.84. The van der Waals surface area contributed by atoms with Crippen molar-refractivity contribution in [2.75, 3.05) is 19.3 Å². The molecule has 29 heavy (non-hydrogen) atoms. The largest absolute Gasteiger partial charge is 0.463 e. The molecule has 1 aliphatic heterocycles. The summed E-state index contributed by atoms with van der Waals surface area (Å²) in [6, 6.07) is 14.3. The standard InChI is InChI=1S/C20H22N4O4S/c1-29(26,27)23-11-5-7-15(14-23)21-20(25)18-13-17(19-10-6-12-28-19)22-24(18)16-8-3-2-4-9-16/h2-4,6,8-10,12-13,15H,5,7,11,14H2,1H3,(H,21,25).